The Morgan fingerprint density at radius 1 is 1.43 bits per heavy atom. The SMILES string of the molecule is CCOC(=O)Cc1cc(C2CCC(C)(C)CO2)cc(F)c1OC. The number of carbonyl (C=O) groups excluding carboxylic acids is 1. The quantitative estimate of drug-likeness (QED) is 0.773. The normalized spacial score (nSPS) is 20.1. The van der Waals surface area contributed by atoms with Crippen molar-refractivity contribution in [3.05, 3.63) is 29.1 Å². The molecule has 0 spiro atoms. The first-order valence-corrected chi connectivity index (χ1v) is 8.00. The van der Waals surface area contributed by atoms with Crippen molar-refractivity contribution in [1.82, 2.24) is 0 Å². The van der Waals surface area contributed by atoms with Crippen LogP contribution in [0.5, 0.6) is 5.75 Å². The average molecular weight is 324 g/mol. The molecule has 0 bridgehead atoms. The first-order valence-electron chi connectivity index (χ1n) is 8.00. The molecule has 1 unspecified atom stereocenters. The lowest BCUT2D eigenvalue weighted by atomic mass is 9.84. The number of esters is 1. The number of methoxy groups -OCH3 is 1. The molecule has 1 atom stereocenters. The van der Waals surface area contributed by atoms with Crippen LogP contribution in [0.1, 0.15) is 50.8 Å². The lowest BCUT2D eigenvalue weighted by molar-refractivity contribution is -0.142. The molecule has 2 rings (SSSR count). The highest BCUT2D eigenvalue weighted by molar-refractivity contribution is 5.73. The van der Waals surface area contributed by atoms with Gasteiger partial charge in [0.25, 0.3) is 0 Å². The van der Waals surface area contributed by atoms with Crippen LogP contribution < -0.4 is 4.74 Å². The first kappa shape index (κ1) is 17.7. The number of halogens is 1. The Morgan fingerprint density at radius 2 is 2.17 bits per heavy atom. The summed E-state index contributed by atoms with van der Waals surface area (Å²) < 4.78 is 30.3. The first-order chi connectivity index (χ1) is 10.9. The fourth-order valence-corrected chi connectivity index (χ4v) is 2.85. The molecule has 0 aromatic heterocycles. The Hall–Kier alpha value is -1.62. The van der Waals surface area contributed by atoms with E-state index in [-0.39, 0.29) is 23.7 Å². The van der Waals surface area contributed by atoms with Crippen molar-refractivity contribution < 1.29 is 23.4 Å². The topological polar surface area (TPSA) is 44.8 Å². The summed E-state index contributed by atoms with van der Waals surface area (Å²) in [4.78, 5) is 11.7. The molecule has 1 aliphatic heterocycles. The standard InChI is InChI=1S/C18H25FO4/c1-5-22-16(20)10-13-8-12(9-14(19)17(13)21-4)15-6-7-18(2,3)11-23-15/h8-9,15H,5-7,10-11H2,1-4H3. The zero-order valence-corrected chi connectivity index (χ0v) is 14.3. The predicted octanol–water partition coefficient (Wildman–Crippen LogP) is 3.82. The summed E-state index contributed by atoms with van der Waals surface area (Å²) in [7, 11) is 1.40. The number of hydrogen-bond acceptors (Lipinski definition) is 4. The van der Waals surface area contributed by atoms with Crippen molar-refractivity contribution in [3.8, 4) is 5.75 Å². The van der Waals surface area contributed by atoms with Crippen LogP contribution in [-0.4, -0.2) is 26.3 Å². The molecule has 0 N–H and O–H groups in total. The van der Waals surface area contributed by atoms with Crippen molar-refractivity contribution in [1.29, 1.82) is 0 Å². The van der Waals surface area contributed by atoms with E-state index >= 15 is 0 Å². The highest BCUT2D eigenvalue weighted by Crippen LogP contribution is 2.38. The Balaban J connectivity index is 2.24. The van der Waals surface area contributed by atoms with E-state index < -0.39 is 11.8 Å². The van der Waals surface area contributed by atoms with Crippen molar-refractivity contribution >= 4 is 5.97 Å². The van der Waals surface area contributed by atoms with Crippen LogP contribution in [0.4, 0.5) is 4.39 Å². The lowest BCUT2D eigenvalue weighted by Crippen LogP contribution is -2.27. The van der Waals surface area contributed by atoms with E-state index in [2.05, 4.69) is 13.8 Å². The van der Waals surface area contributed by atoms with E-state index in [9.17, 15) is 9.18 Å². The van der Waals surface area contributed by atoms with Crippen LogP contribution in [0.25, 0.3) is 0 Å². The third-order valence-corrected chi connectivity index (χ3v) is 4.12. The molecule has 23 heavy (non-hydrogen) atoms. The van der Waals surface area contributed by atoms with E-state index in [1.165, 1.54) is 13.2 Å². The summed E-state index contributed by atoms with van der Waals surface area (Å²) >= 11 is 0. The zero-order valence-electron chi connectivity index (χ0n) is 14.3. The summed E-state index contributed by atoms with van der Waals surface area (Å²) in [5, 5.41) is 0. The largest absolute Gasteiger partial charge is 0.493 e. The molecule has 0 amide bonds. The fraction of sp³-hybridized carbons (Fsp3) is 0.611. The predicted molar refractivity (Wildman–Crippen MR) is 85.0 cm³/mol. The molecule has 1 fully saturated rings. The lowest BCUT2D eigenvalue weighted by Gasteiger charge is -2.35. The second kappa shape index (κ2) is 7.30. The van der Waals surface area contributed by atoms with E-state index in [4.69, 9.17) is 14.2 Å². The highest BCUT2D eigenvalue weighted by atomic mass is 19.1. The van der Waals surface area contributed by atoms with E-state index in [1.807, 2.05) is 0 Å². The average Bonchev–Trinajstić information content (AvgIpc) is 2.47. The highest BCUT2D eigenvalue weighted by Gasteiger charge is 2.29. The third-order valence-electron chi connectivity index (χ3n) is 4.12. The van der Waals surface area contributed by atoms with E-state index in [1.54, 1.807) is 13.0 Å². The second-order valence-electron chi connectivity index (χ2n) is 6.68. The van der Waals surface area contributed by atoms with Gasteiger partial charge in [-0.1, -0.05) is 13.8 Å². The summed E-state index contributed by atoms with van der Waals surface area (Å²) in [5.74, 6) is -0.774. The van der Waals surface area contributed by atoms with Gasteiger partial charge < -0.3 is 14.2 Å². The van der Waals surface area contributed by atoms with E-state index in [0.29, 0.717) is 18.8 Å². The van der Waals surface area contributed by atoms with Gasteiger partial charge in [-0.25, -0.2) is 4.39 Å². The minimum Gasteiger partial charge on any atom is -0.493 e. The summed E-state index contributed by atoms with van der Waals surface area (Å²) in [6.07, 6.45) is 1.68. The van der Waals surface area contributed by atoms with Crippen molar-refractivity contribution in [2.45, 2.75) is 46.1 Å². The van der Waals surface area contributed by atoms with Gasteiger partial charge in [-0.05, 0) is 42.9 Å². The molecule has 0 radical (unpaired) electrons. The molecule has 1 saturated heterocycles. The van der Waals surface area contributed by atoms with Gasteiger partial charge in [-0.3, -0.25) is 4.79 Å². The van der Waals surface area contributed by atoms with Gasteiger partial charge in [0.2, 0.25) is 0 Å². The maximum absolute atomic E-state index is 14.3. The summed E-state index contributed by atoms with van der Waals surface area (Å²) in [5.41, 5.74) is 1.39. The van der Waals surface area contributed by atoms with Gasteiger partial charge in [-0.2, -0.15) is 0 Å². The molecule has 0 aliphatic carbocycles. The van der Waals surface area contributed by atoms with Crippen molar-refractivity contribution in [3.63, 3.8) is 0 Å². The van der Waals surface area contributed by atoms with Crippen LogP contribution in [0.2, 0.25) is 0 Å². The molecular formula is C18H25FO4. The van der Waals surface area contributed by atoms with Crippen LogP contribution in [0, 0.1) is 11.2 Å². The Morgan fingerprint density at radius 3 is 2.74 bits per heavy atom. The maximum atomic E-state index is 14.3. The molecule has 1 aromatic carbocycles. The van der Waals surface area contributed by atoms with Gasteiger partial charge >= 0.3 is 5.97 Å². The zero-order chi connectivity index (χ0) is 17.0. The number of hydrogen-bond donors (Lipinski definition) is 0. The van der Waals surface area contributed by atoms with Gasteiger partial charge in [0.1, 0.15) is 0 Å². The minimum absolute atomic E-state index is 0.0139. The van der Waals surface area contributed by atoms with Crippen molar-refractivity contribution in [2.75, 3.05) is 20.3 Å². The molecule has 1 aliphatic rings. The molecule has 4 nitrogen and oxygen atoms in total. The molecule has 1 heterocycles. The minimum atomic E-state index is -0.474. The van der Waals surface area contributed by atoms with Gasteiger partial charge in [0.05, 0.1) is 32.8 Å². The molecule has 5 heteroatoms. The van der Waals surface area contributed by atoms with Crippen LogP contribution in [0.3, 0.4) is 0 Å². The molecule has 0 saturated carbocycles. The number of rotatable bonds is 5. The number of benzene rings is 1. The summed E-state index contributed by atoms with van der Waals surface area (Å²) in [6.45, 7) is 6.99. The number of carbonyl (C=O) groups is 1. The fourth-order valence-electron chi connectivity index (χ4n) is 2.85. The van der Waals surface area contributed by atoms with Crippen molar-refractivity contribution in [2.24, 2.45) is 5.41 Å². The van der Waals surface area contributed by atoms with Crippen LogP contribution >= 0.6 is 0 Å². The second-order valence-corrected chi connectivity index (χ2v) is 6.68. The van der Waals surface area contributed by atoms with Crippen LogP contribution in [0.15, 0.2) is 12.1 Å². The van der Waals surface area contributed by atoms with Gasteiger partial charge in [0, 0.05) is 5.56 Å². The third kappa shape index (κ3) is 4.44. The Kier molecular flexibility index (Phi) is 5.63. The maximum Gasteiger partial charge on any atom is 0.310 e. The monoisotopic (exact) mass is 324 g/mol. The van der Waals surface area contributed by atoms with Gasteiger partial charge in [-0.15, -0.1) is 0 Å². The smallest absolute Gasteiger partial charge is 0.310 e. The number of ether oxygens (including phenoxy) is 3. The Bertz CT molecular complexity index is 558. The van der Waals surface area contributed by atoms with E-state index in [0.717, 1.165) is 18.4 Å². The molecular weight excluding hydrogens is 299 g/mol. The van der Waals surface area contributed by atoms with Gasteiger partial charge in [0.15, 0.2) is 11.6 Å². The van der Waals surface area contributed by atoms with Crippen LogP contribution in [-0.2, 0) is 20.7 Å². The molecule has 1 aromatic rings. The molecule has 128 valence electrons. The summed E-state index contributed by atoms with van der Waals surface area (Å²) in [6, 6.07) is 3.23. The Labute approximate surface area is 136 Å².